The molecule has 2 atom stereocenters. The molecule has 0 amide bonds. The number of benzene rings is 1. The molecular formula is C14H19NO2. The van der Waals surface area contributed by atoms with Crippen LogP contribution in [0.15, 0.2) is 18.2 Å². The van der Waals surface area contributed by atoms with E-state index in [4.69, 9.17) is 9.47 Å². The van der Waals surface area contributed by atoms with E-state index in [2.05, 4.69) is 17.4 Å². The molecule has 3 rings (SSSR count). The van der Waals surface area contributed by atoms with E-state index in [9.17, 15) is 0 Å². The van der Waals surface area contributed by atoms with Crippen LogP contribution in [0, 0.1) is 0 Å². The summed E-state index contributed by atoms with van der Waals surface area (Å²) in [6.07, 6.45) is 3.60. The van der Waals surface area contributed by atoms with E-state index >= 15 is 0 Å². The van der Waals surface area contributed by atoms with Crippen molar-refractivity contribution in [2.75, 3.05) is 20.3 Å². The molecular weight excluding hydrogens is 214 g/mol. The molecule has 2 heterocycles. The summed E-state index contributed by atoms with van der Waals surface area (Å²) in [5.41, 5.74) is 2.65. The number of hydrogen-bond donors (Lipinski definition) is 1. The standard InChI is InChI=1S/C14H19NO2/c1-16-12-6-2-4-10-7-9-17-14(13(10)12)11-5-3-8-15-11/h2,4,6,11,14-15H,3,5,7-9H2,1H3/t11-,14-/m1/s1. The number of fused-ring (bicyclic) bond motifs is 1. The highest BCUT2D eigenvalue weighted by atomic mass is 16.5. The molecule has 3 heteroatoms. The van der Waals surface area contributed by atoms with Gasteiger partial charge in [0.25, 0.3) is 0 Å². The summed E-state index contributed by atoms with van der Waals surface area (Å²) >= 11 is 0. The summed E-state index contributed by atoms with van der Waals surface area (Å²) in [6.45, 7) is 1.93. The largest absolute Gasteiger partial charge is 0.496 e. The molecule has 2 aliphatic rings. The van der Waals surface area contributed by atoms with Crippen LogP contribution >= 0.6 is 0 Å². The van der Waals surface area contributed by atoms with Crippen molar-refractivity contribution in [1.29, 1.82) is 0 Å². The molecule has 1 fully saturated rings. The Balaban J connectivity index is 1.99. The van der Waals surface area contributed by atoms with Gasteiger partial charge in [0.05, 0.1) is 13.7 Å². The summed E-state index contributed by atoms with van der Waals surface area (Å²) in [5.74, 6) is 0.973. The first-order valence-corrected chi connectivity index (χ1v) is 6.41. The van der Waals surface area contributed by atoms with Crippen molar-refractivity contribution in [3.63, 3.8) is 0 Å². The summed E-state index contributed by atoms with van der Waals surface area (Å²) in [7, 11) is 1.74. The predicted molar refractivity (Wildman–Crippen MR) is 66.4 cm³/mol. The van der Waals surface area contributed by atoms with Crippen LogP contribution in [0.3, 0.4) is 0 Å². The Morgan fingerprint density at radius 3 is 3.12 bits per heavy atom. The minimum Gasteiger partial charge on any atom is -0.496 e. The van der Waals surface area contributed by atoms with E-state index in [1.165, 1.54) is 24.0 Å². The fraction of sp³-hybridized carbons (Fsp3) is 0.571. The average molecular weight is 233 g/mol. The molecule has 0 saturated carbocycles. The number of nitrogens with one attached hydrogen (secondary N) is 1. The van der Waals surface area contributed by atoms with Crippen LogP contribution in [0.4, 0.5) is 0 Å². The highest BCUT2D eigenvalue weighted by Gasteiger charge is 2.32. The Kier molecular flexibility index (Phi) is 3.04. The Morgan fingerprint density at radius 1 is 1.41 bits per heavy atom. The van der Waals surface area contributed by atoms with Gasteiger partial charge in [0.15, 0.2) is 0 Å². The maximum Gasteiger partial charge on any atom is 0.125 e. The average Bonchev–Trinajstić information content (AvgIpc) is 2.91. The zero-order valence-electron chi connectivity index (χ0n) is 10.2. The fourth-order valence-electron chi connectivity index (χ4n) is 2.97. The van der Waals surface area contributed by atoms with Gasteiger partial charge in [0, 0.05) is 11.6 Å². The third kappa shape index (κ3) is 1.94. The molecule has 0 spiro atoms. The summed E-state index contributed by atoms with van der Waals surface area (Å²) in [4.78, 5) is 0. The lowest BCUT2D eigenvalue weighted by molar-refractivity contribution is 0.0182. The lowest BCUT2D eigenvalue weighted by Crippen LogP contribution is -2.34. The number of rotatable bonds is 2. The molecule has 0 unspecified atom stereocenters. The van der Waals surface area contributed by atoms with Crippen molar-refractivity contribution in [3.8, 4) is 5.75 Å². The van der Waals surface area contributed by atoms with E-state index in [-0.39, 0.29) is 6.10 Å². The van der Waals surface area contributed by atoms with Crippen LogP contribution in [0.5, 0.6) is 5.75 Å². The molecule has 2 aliphatic heterocycles. The van der Waals surface area contributed by atoms with Crippen molar-refractivity contribution >= 4 is 0 Å². The summed E-state index contributed by atoms with van der Waals surface area (Å²) < 4.78 is 11.5. The van der Waals surface area contributed by atoms with E-state index < -0.39 is 0 Å². The summed E-state index contributed by atoms with van der Waals surface area (Å²) in [6, 6.07) is 6.75. The number of ether oxygens (including phenoxy) is 2. The SMILES string of the molecule is COc1cccc2c1[C@@H]([C@H]1CCCN1)OCC2. The van der Waals surface area contributed by atoms with Gasteiger partial charge in [-0.2, -0.15) is 0 Å². The lowest BCUT2D eigenvalue weighted by atomic mass is 9.91. The molecule has 3 nitrogen and oxygen atoms in total. The first-order chi connectivity index (χ1) is 8.40. The van der Waals surface area contributed by atoms with Gasteiger partial charge < -0.3 is 14.8 Å². The molecule has 17 heavy (non-hydrogen) atoms. The molecule has 0 bridgehead atoms. The maximum atomic E-state index is 5.99. The maximum absolute atomic E-state index is 5.99. The normalized spacial score (nSPS) is 27.8. The van der Waals surface area contributed by atoms with Crippen molar-refractivity contribution in [2.24, 2.45) is 0 Å². The molecule has 1 N–H and O–H groups in total. The Labute approximate surface area is 102 Å². The zero-order valence-corrected chi connectivity index (χ0v) is 10.2. The monoisotopic (exact) mass is 233 g/mol. The van der Waals surface area contributed by atoms with Crippen LogP contribution in [-0.2, 0) is 11.2 Å². The van der Waals surface area contributed by atoms with Crippen LogP contribution < -0.4 is 10.1 Å². The molecule has 1 saturated heterocycles. The molecule has 0 aromatic heterocycles. The van der Waals surface area contributed by atoms with Gasteiger partial charge >= 0.3 is 0 Å². The minimum atomic E-state index is 0.164. The second-order valence-corrected chi connectivity index (χ2v) is 4.78. The van der Waals surface area contributed by atoms with Crippen LogP contribution in [0.1, 0.15) is 30.1 Å². The van der Waals surface area contributed by atoms with E-state index in [1.807, 2.05) is 6.07 Å². The molecule has 92 valence electrons. The van der Waals surface area contributed by atoms with Crippen LogP contribution in [0.2, 0.25) is 0 Å². The molecule has 0 aliphatic carbocycles. The third-order valence-corrected chi connectivity index (χ3v) is 3.79. The van der Waals surface area contributed by atoms with Crippen molar-refractivity contribution < 1.29 is 9.47 Å². The second kappa shape index (κ2) is 4.67. The first-order valence-electron chi connectivity index (χ1n) is 6.41. The first kappa shape index (κ1) is 11.1. The van der Waals surface area contributed by atoms with Gasteiger partial charge in [0.2, 0.25) is 0 Å². The van der Waals surface area contributed by atoms with Crippen molar-refractivity contribution in [2.45, 2.75) is 31.4 Å². The molecule has 0 radical (unpaired) electrons. The fourth-order valence-corrected chi connectivity index (χ4v) is 2.97. The van der Waals surface area contributed by atoms with E-state index in [1.54, 1.807) is 7.11 Å². The Bertz CT molecular complexity index is 385. The number of hydrogen-bond acceptors (Lipinski definition) is 3. The van der Waals surface area contributed by atoms with E-state index in [0.29, 0.717) is 6.04 Å². The van der Waals surface area contributed by atoms with Crippen LogP contribution in [-0.4, -0.2) is 26.3 Å². The number of methoxy groups -OCH3 is 1. The van der Waals surface area contributed by atoms with Gasteiger partial charge in [0.1, 0.15) is 11.9 Å². The van der Waals surface area contributed by atoms with E-state index in [0.717, 1.165) is 25.3 Å². The smallest absolute Gasteiger partial charge is 0.125 e. The van der Waals surface area contributed by atoms with Gasteiger partial charge in [-0.05, 0) is 37.4 Å². The second-order valence-electron chi connectivity index (χ2n) is 4.78. The van der Waals surface area contributed by atoms with Crippen molar-refractivity contribution in [1.82, 2.24) is 5.32 Å². The topological polar surface area (TPSA) is 30.5 Å². The van der Waals surface area contributed by atoms with Gasteiger partial charge in [-0.1, -0.05) is 12.1 Å². The van der Waals surface area contributed by atoms with Gasteiger partial charge in [-0.3, -0.25) is 0 Å². The molecule has 1 aromatic carbocycles. The van der Waals surface area contributed by atoms with Gasteiger partial charge in [-0.25, -0.2) is 0 Å². The highest BCUT2D eigenvalue weighted by Crippen LogP contribution is 2.38. The predicted octanol–water partition coefficient (Wildman–Crippen LogP) is 2.06. The molecule has 1 aromatic rings. The minimum absolute atomic E-state index is 0.164. The Hall–Kier alpha value is -1.06. The third-order valence-electron chi connectivity index (χ3n) is 3.79. The summed E-state index contributed by atoms with van der Waals surface area (Å²) in [5, 5.41) is 3.54. The Morgan fingerprint density at radius 2 is 2.35 bits per heavy atom. The quantitative estimate of drug-likeness (QED) is 0.848. The lowest BCUT2D eigenvalue weighted by Gasteiger charge is -2.31. The van der Waals surface area contributed by atoms with Crippen molar-refractivity contribution in [3.05, 3.63) is 29.3 Å². The van der Waals surface area contributed by atoms with Crippen LogP contribution in [0.25, 0.3) is 0 Å². The van der Waals surface area contributed by atoms with Gasteiger partial charge in [-0.15, -0.1) is 0 Å². The zero-order chi connectivity index (χ0) is 11.7. The highest BCUT2D eigenvalue weighted by molar-refractivity contribution is 5.44.